The smallest absolute Gasteiger partial charge is 0.242 e. The number of hydrogen-bond donors (Lipinski definition) is 1. The summed E-state index contributed by atoms with van der Waals surface area (Å²) < 4.78 is 6.16. The van der Waals surface area contributed by atoms with Gasteiger partial charge in [0.1, 0.15) is 11.8 Å². The second kappa shape index (κ2) is 12.8. The van der Waals surface area contributed by atoms with Crippen LogP contribution in [0.3, 0.4) is 0 Å². The molecule has 0 saturated heterocycles. The van der Waals surface area contributed by atoms with Crippen molar-refractivity contribution in [3.63, 3.8) is 0 Å². The molecule has 1 N–H and O–H groups in total. The number of carbonyl (C=O) groups is 2. The molecule has 2 aromatic rings. The van der Waals surface area contributed by atoms with Crippen LogP contribution in [0.25, 0.3) is 0 Å². The van der Waals surface area contributed by atoms with Gasteiger partial charge >= 0.3 is 0 Å². The predicted octanol–water partition coefficient (Wildman–Crippen LogP) is 5.02. The Morgan fingerprint density at radius 1 is 1.06 bits per heavy atom. The fraction of sp³-hybridized carbons (Fsp3) is 0.417. The lowest BCUT2D eigenvalue weighted by Crippen LogP contribution is -2.50. The highest BCUT2D eigenvalue weighted by Gasteiger charge is 2.26. The number of methoxy groups -OCH3 is 1. The van der Waals surface area contributed by atoms with Gasteiger partial charge in [0.2, 0.25) is 11.8 Å². The largest absolute Gasteiger partial charge is 0.497 e. The molecule has 0 aliphatic rings. The van der Waals surface area contributed by atoms with E-state index in [0.29, 0.717) is 12.3 Å². The zero-order valence-corrected chi connectivity index (χ0v) is 21.0. The van der Waals surface area contributed by atoms with Crippen LogP contribution >= 0.6 is 27.7 Å². The molecule has 7 heteroatoms. The SMILES string of the molecule is CC[C@H](C)NC(=O)[C@H](C)N(Cc1ccc(Br)cc1)C(=O)CSCc1ccc(OC)cc1. The average Bonchev–Trinajstić information content (AvgIpc) is 2.78. The van der Waals surface area contributed by atoms with Crippen molar-refractivity contribution in [3.8, 4) is 5.75 Å². The molecule has 0 spiro atoms. The third-order valence-electron chi connectivity index (χ3n) is 5.09. The van der Waals surface area contributed by atoms with Crippen LogP contribution in [0, 0.1) is 0 Å². The highest BCUT2D eigenvalue weighted by molar-refractivity contribution is 9.10. The van der Waals surface area contributed by atoms with E-state index in [1.165, 1.54) is 0 Å². The van der Waals surface area contributed by atoms with Crippen LogP contribution in [0.15, 0.2) is 53.0 Å². The molecule has 0 heterocycles. The van der Waals surface area contributed by atoms with Gasteiger partial charge in [0.25, 0.3) is 0 Å². The summed E-state index contributed by atoms with van der Waals surface area (Å²) >= 11 is 4.98. The molecule has 0 aliphatic heterocycles. The van der Waals surface area contributed by atoms with Gasteiger partial charge in [-0.05, 0) is 55.7 Å². The van der Waals surface area contributed by atoms with E-state index in [2.05, 4.69) is 21.2 Å². The molecule has 2 amide bonds. The molecule has 2 rings (SSSR count). The number of nitrogens with zero attached hydrogens (tertiary/aromatic N) is 1. The Balaban J connectivity index is 2.04. The van der Waals surface area contributed by atoms with Crippen LogP contribution in [0.1, 0.15) is 38.3 Å². The second-order valence-corrected chi connectivity index (χ2v) is 9.38. The monoisotopic (exact) mass is 506 g/mol. The van der Waals surface area contributed by atoms with Gasteiger partial charge in [-0.2, -0.15) is 0 Å². The summed E-state index contributed by atoms with van der Waals surface area (Å²) in [7, 11) is 1.64. The molecule has 0 saturated carbocycles. The molecular weight excluding hydrogens is 476 g/mol. The van der Waals surface area contributed by atoms with Crippen molar-refractivity contribution < 1.29 is 14.3 Å². The van der Waals surface area contributed by atoms with E-state index >= 15 is 0 Å². The van der Waals surface area contributed by atoms with E-state index in [-0.39, 0.29) is 17.9 Å². The lowest BCUT2D eigenvalue weighted by Gasteiger charge is -2.29. The maximum absolute atomic E-state index is 13.1. The minimum atomic E-state index is -0.549. The van der Waals surface area contributed by atoms with E-state index in [0.717, 1.165) is 33.5 Å². The molecule has 2 atom stereocenters. The molecule has 0 bridgehead atoms. The highest BCUT2D eigenvalue weighted by atomic mass is 79.9. The summed E-state index contributed by atoms with van der Waals surface area (Å²) in [6, 6.07) is 15.2. The number of hydrogen-bond acceptors (Lipinski definition) is 4. The number of carbonyl (C=O) groups excluding carboxylic acids is 2. The number of ether oxygens (including phenoxy) is 1. The maximum Gasteiger partial charge on any atom is 0.242 e. The first-order chi connectivity index (χ1) is 14.8. The van der Waals surface area contributed by atoms with Gasteiger partial charge in [0.15, 0.2) is 0 Å². The molecule has 2 aromatic carbocycles. The van der Waals surface area contributed by atoms with E-state index in [1.54, 1.807) is 30.7 Å². The van der Waals surface area contributed by atoms with Crippen molar-refractivity contribution in [1.82, 2.24) is 10.2 Å². The molecule has 0 fully saturated rings. The number of amides is 2. The van der Waals surface area contributed by atoms with Gasteiger partial charge < -0.3 is 15.0 Å². The number of halogens is 1. The third kappa shape index (κ3) is 8.22. The summed E-state index contributed by atoms with van der Waals surface area (Å²) in [5, 5.41) is 2.99. The standard InChI is InChI=1S/C24H31BrN2O3S/c1-5-17(2)26-24(29)18(3)27(14-19-6-10-21(25)11-7-19)23(28)16-31-15-20-8-12-22(30-4)13-9-20/h6-13,17-18H,5,14-16H2,1-4H3,(H,26,29)/t17-,18-/m0/s1. The Kier molecular flexibility index (Phi) is 10.4. The lowest BCUT2D eigenvalue weighted by molar-refractivity contribution is -0.138. The van der Waals surface area contributed by atoms with Crippen LogP contribution in [-0.2, 0) is 21.9 Å². The van der Waals surface area contributed by atoms with Crippen molar-refractivity contribution >= 4 is 39.5 Å². The highest BCUT2D eigenvalue weighted by Crippen LogP contribution is 2.19. The zero-order valence-electron chi connectivity index (χ0n) is 18.6. The number of benzene rings is 2. The van der Waals surface area contributed by atoms with E-state index in [4.69, 9.17) is 4.74 Å². The topological polar surface area (TPSA) is 58.6 Å². The Morgan fingerprint density at radius 3 is 2.26 bits per heavy atom. The number of rotatable bonds is 11. The predicted molar refractivity (Wildman–Crippen MR) is 131 cm³/mol. The second-order valence-electron chi connectivity index (χ2n) is 7.48. The summed E-state index contributed by atoms with van der Waals surface area (Å²) in [4.78, 5) is 27.5. The third-order valence-corrected chi connectivity index (χ3v) is 6.61. The molecule has 31 heavy (non-hydrogen) atoms. The van der Waals surface area contributed by atoms with Gasteiger partial charge in [-0.15, -0.1) is 11.8 Å². The molecule has 0 aliphatic carbocycles. The molecular formula is C24H31BrN2O3S. The molecule has 168 valence electrons. The van der Waals surface area contributed by atoms with Gasteiger partial charge in [0, 0.05) is 22.8 Å². The van der Waals surface area contributed by atoms with Crippen molar-refractivity contribution in [2.75, 3.05) is 12.9 Å². The fourth-order valence-corrected chi connectivity index (χ4v) is 4.03. The normalized spacial score (nSPS) is 12.7. The number of nitrogens with one attached hydrogen (secondary N) is 1. The van der Waals surface area contributed by atoms with Gasteiger partial charge in [-0.1, -0.05) is 47.1 Å². The molecule has 5 nitrogen and oxygen atoms in total. The van der Waals surface area contributed by atoms with E-state index < -0.39 is 6.04 Å². The summed E-state index contributed by atoms with van der Waals surface area (Å²) in [5.74, 6) is 1.67. The van der Waals surface area contributed by atoms with Gasteiger partial charge in [-0.3, -0.25) is 9.59 Å². The van der Waals surface area contributed by atoms with Crippen molar-refractivity contribution in [2.45, 2.75) is 51.6 Å². The lowest BCUT2D eigenvalue weighted by atomic mass is 10.1. The van der Waals surface area contributed by atoms with Crippen molar-refractivity contribution in [3.05, 3.63) is 64.1 Å². The van der Waals surface area contributed by atoms with Crippen LogP contribution in [0.2, 0.25) is 0 Å². The van der Waals surface area contributed by atoms with Gasteiger partial charge in [0.05, 0.1) is 12.9 Å². The van der Waals surface area contributed by atoms with Crippen molar-refractivity contribution in [1.29, 1.82) is 0 Å². The minimum Gasteiger partial charge on any atom is -0.497 e. The summed E-state index contributed by atoms with van der Waals surface area (Å²) in [5.41, 5.74) is 2.11. The Labute approximate surface area is 198 Å². The molecule has 0 radical (unpaired) electrons. The van der Waals surface area contributed by atoms with Crippen LogP contribution < -0.4 is 10.1 Å². The minimum absolute atomic E-state index is 0.0479. The molecule has 0 aromatic heterocycles. The number of thioether (sulfide) groups is 1. The zero-order chi connectivity index (χ0) is 22.8. The maximum atomic E-state index is 13.1. The first kappa shape index (κ1) is 25.3. The summed E-state index contributed by atoms with van der Waals surface area (Å²) in [6.45, 7) is 6.18. The average molecular weight is 507 g/mol. The van der Waals surface area contributed by atoms with E-state index in [1.807, 2.05) is 62.4 Å². The molecule has 0 unspecified atom stereocenters. The fourth-order valence-electron chi connectivity index (χ4n) is 2.90. The van der Waals surface area contributed by atoms with E-state index in [9.17, 15) is 9.59 Å². The Morgan fingerprint density at radius 2 is 1.68 bits per heavy atom. The quantitative estimate of drug-likeness (QED) is 0.464. The first-order valence-corrected chi connectivity index (χ1v) is 12.3. The van der Waals surface area contributed by atoms with Gasteiger partial charge in [-0.25, -0.2) is 0 Å². The Hall–Kier alpha value is -1.99. The van der Waals surface area contributed by atoms with Crippen LogP contribution in [0.4, 0.5) is 0 Å². The Bertz CT molecular complexity index is 843. The summed E-state index contributed by atoms with van der Waals surface area (Å²) in [6.07, 6.45) is 0.844. The van der Waals surface area contributed by atoms with Crippen LogP contribution in [0.5, 0.6) is 5.75 Å². The van der Waals surface area contributed by atoms with Crippen LogP contribution in [-0.4, -0.2) is 41.7 Å². The van der Waals surface area contributed by atoms with Crippen molar-refractivity contribution in [2.24, 2.45) is 0 Å². The first-order valence-electron chi connectivity index (χ1n) is 10.4.